The van der Waals surface area contributed by atoms with Gasteiger partial charge in [-0.1, -0.05) is 24.3 Å². The van der Waals surface area contributed by atoms with Crippen LogP contribution in [-0.2, 0) is 15.6 Å². The molecule has 0 atom stereocenters. The molecule has 3 nitrogen and oxygen atoms in total. The Labute approximate surface area is 130 Å². The summed E-state index contributed by atoms with van der Waals surface area (Å²) in [5.74, 6) is 0. The van der Waals surface area contributed by atoms with E-state index in [9.17, 15) is 8.42 Å². The molecule has 0 N–H and O–H groups in total. The van der Waals surface area contributed by atoms with Crippen molar-refractivity contribution in [2.75, 3.05) is 11.4 Å². The standard InChI is InChI=1S/C16H18ClNO2S/c1-3-18(15-8-4-6-13(2)10-15)12-14-7-5-9-16(11-14)21(17,19)20/h4-11H,3,12H2,1-2H3. The molecular weight excluding hydrogens is 306 g/mol. The van der Waals surface area contributed by atoms with E-state index in [4.69, 9.17) is 10.7 Å². The molecule has 0 bridgehead atoms. The maximum Gasteiger partial charge on any atom is 0.261 e. The Bertz CT molecular complexity index is 729. The summed E-state index contributed by atoms with van der Waals surface area (Å²) in [5, 5.41) is 0. The summed E-state index contributed by atoms with van der Waals surface area (Å²) < 4.78 is 22.8. The van der Waals surface area contributed by atoms with Gasteiger partial charge in [0.1, 0.15) is 0 Å². The number of rotatable bonds is 5. The number of hydrogen-bond donors (Lipinski definition) is 0. The average Bonchev–Trinajstić information content (AvgIpc) is 2.44. The highest BCUT2D eigenvalue weighted by atomic mass is 35.7. The van der Waals surface area contributed by atoms with Gasteiger partial charge in [-0.15, -0.1) is 0 Å². The summed E-state index contributed by atoms with van der Waals surface area (Å²) >= 11 is 0. The summed E-state index contributed by atoms with van der Waals surface area (Å²) in [5.41, 5.74) is 3.24. The molecule has 0 saturated heterocycles. The van der Waals surface area contributed by atoms with E-state index in [1.54, 1.807) is 12.1 Å². The third-order valence-corrected chi connectivity index (χ3v) is 4.65. The molecule has 2 aromatic rings. The average molecular weight is 324 g/mol. The van der Waals surface area contributed by atoms with E-state index in [-0.39, 0.29) is 4.90 Å². The third kappa shape index (κ3) is 4.22. The van der Waals surface area contributed by atoms with E-state index >= 15 is 0 Å². The van der Waals surface area contributed by atoms with Crippen LogP contribution in [0.25, 0.3) is 0 Å². The first-order valence-corrected chi connectivity index (χ1v) is 9.06. The van der Waals surface area contributed by atoms with Crippen LogP contribution in [0.1, 0.15) is 18.1 Å². The van der Waals surface area contributed by atoms with Crippen LogP contribution < -0.4 is 4.90 Å². The van der Waals surface area contributed by atoms with E-state index in [1.165, 1.54) is 11.6 Å². The molecule has 0 spiro atoms. The molecule has 0 aromatic heterocycles. The number of nitrogens with zero attached hydrogens (tertiary/aromatic N) is 1. The van der Waals surface area contributed by atoms with Gasteiger partial charge in [0, 0.05) is 29.5 Å². The second-order valence-corrected chi connectivity index (χ2v) is 7.50. The van der Waals surface area contributed by atoms with E-state index < -0.39 is 9.05 Å². The van der Waals surface area contributed by atoms with Crippen molar-refractivity contribution in [1.29, 1.82) is 0 Å². The Morgan fingerprint density at radius 3 is 2.43 bits per heavy atom. The third-order valence-electron chi connectivity index (χ3n) is 3.30. The Balaban J connectivity index is 2.27. The summed E-state index contributed by atoms with van der Waals surface area (Å²) in [6, 6.07) is 15.0. The van der Waals surface area contributed by atoms with Crippen molar-refractivity contribution < 1.29 is 8.42 Å². The van der Waals surface area contributed by atoms with E-state index in [0.717, 1.165) is 17.8 Å². The zero-order chi connectivity index (χ0) is 15.5. The topological polar surface area (TPSA) is 37.4 Å². The van der Waals surface area contributed by atoms with Crippen LogP contribution in [0.2, 0.25) is 0 Å². The Kier molecular flexibility index (Phi) is 4.91. The molecule has 2 aromatic carbocycles. The van der Waals surface area contributed by atoms with E-state index in [1.807, 2.05) is 12.1 Å². The first kappa shape index (κ1) is 15.9. The number of anilines is 1. The molecule has 112 valence electrons. The fourth-order valence-corrected chi connectivity index (χ4v) is 3.05. The smallest absolute Gasteiger partial charge is 0.261 e. The van der Waals surface area contributed by atoms with Crippen molar-refractivity contribution in [3.63, 3.8) is 0 Å². The first-order valence-electron chi connectivity index (χ1n) is 6.75. The number of aryl methyl sites for hydroxylation is 1. The summed E-state index contributed by atoms with van der Waals surface area (Å²) in [7, 11) is 1.71. The normalized spacial score (nSPS) is 11.4. The van der Waals surface area contributed by atoms with Gasteiger partial charge in [-0.05, 0) is 49.2 Å². The second kappa shape index (κ2) is 6.50. The van der Waals surface area contributed by atoms with Crippen molar-refractivity contribution >= 4 is 25.4 Å². The van der Waals surface area contributed by atoms with Crippen LogP contribution in [0, 0.1) is 6.92 Å². The summed E-state index contributed by atoms with van der Waals surface area (Å²) in [6.45, 7) is 5.60. The van der Waals surface area contributed by atoms with Gasteiger partial charge in [0.05, 0.1) is 4.90 Å². The van der Waals surface area contributed by atoms with Gasteiger partial charge in [0.15, 0.2) is 0 Å². The highest BCUT2D eigenvalue weighted by Gasteiger charge is 2.11. The van der Waals surface area contributed by atoms with Crippen LogP contribution in [-0.4, -0.2) is 15.0 Å². The minimum Gasteiger partial charge on any atom is -0.367 e. The molecule has 0 aliphatic rings. The van der Waals surface area contributed by atoms with Gasteiger partial charge in [0.25, 0.3) is 9.05 Å². The molecule has 0 aliphatic carbocycles. The lowest BCUT2D eigenvalue weighted by atomic mass is 10.1. The predicted octanol–water partition coefficient (Wildman–Crippen LogP) is 3.95. The molecule has 0 radical (unpaired) electrons. The van der Waals surface area contributed by atoms with Crippen molar-refractivity contribution in [2.45, 2.75) is 25.3 Å². The number of hydrogen-bond acceptors (Lipinski definition) is 3. The van der Waals surface area contributed by atoms with Crippen molar-refractivity contribution in [3.05, 3.63) is 59.7 Å². The molecular formula is C16H18ClNO2S. The van der Waals surface area contributed by atoms with Gasteiger partial charge in [-0.25, -0.2) is 8.42 Å². The SMILES string of the molecule is CCN(Cc1cccc(S(=O)(=O)Cl)c1)c1cccc(C)c1. The Hall–Kier alpha value is -1.52. The van der Waals surface area contributed by atoms with Crippen LogP contribution in [0.3, 0.4) is 0 Å². The zero-order valence-electron chi connectivity index (χ0n) is 12.1. The van der Waals surface area contributed by atoms with Crippen molar-refractivity contribution in [3.8, 4) is 0 Å². The lowest BCUT2D eigenvalue weighted by Gasteiger charge is -2.23. The quantitative estimate of drug-likeness (QED) is 0.782. The number of benzene rings is 2. The molecule has 0 saturated carbocycles. The van der Waals surface area contributed by atoms with E-state index in [0.29, 0.717) is 6.54 Å². The lowest BCUT2D eigenvalue weighted by Crippen LogP contribution is -2.22. The maximum atomic E-state index is 11.4. The fraction of sp³-hybridized carbons (Fsp3) is 0.250. The monoisotopic (exact) mass is 323 g/mol. The second-order valence-electron chi connectivity index (χ2n) is 4.94. The van der Waals surface area contributed by atoms with Gasteiger partial charge in [-0.3, -0.25) is 0 Å². The molecule has 0 fully saturated rings. The zero-order valence-corrected chi connectivity index (χ0v) is 13.7. The van der Waals surface area contributed by atoms with Crippen LogP contribution >= 0.6 is 10.7 Å². The molecule has 0 unspecified atom stereocenters. The molecule has 21 heavy (non-hydrogen) atoms. The van der Waals surface area contributed by atoms with Crippen molar-refractivity contribution in [2.24, 2.45) is 0 Å². The van der Waals surface area contributed by atoms with Gasteiger partial charge < -0.3 is 4.90 Å². The summed E-state index contributed by atoms with van der Waals surface area (Å²) in [4.78, 5) is 2.33. The Morgan fingerprint density at radius 1 is 1.10 bits per heavy atom. The number of halogens is 1. The fourth-order valence-electron chi connectivity index (χ4n) is 2.23. The predicted molar refractivity (Wildman–Crippen MR) is 87.4 cm³/mol. The Morgan fingerprint density at radius 2 is 1.81 bits per heavy atom. The maximum absolute atomic E-state index is 11.4. The van der Waals surface area contributed by atoms with Crippen LogP contribution in [0.4, 0.5) is 5.69 Å². The summed E-state index contributed by atoms with van der Waals surface area (Å²) in [6.07, 6.45) is 0. The highest BCUT2D eigenvalue weighted by Crippen LogP contribution is 2.21. The first-order chi connectivity index (χ1) is 9.90. The van der Waals surface area contributed by atoms with Crippen LogP contribution in [0.15, 0.2) is 53.4 Å². The van der Waals surface area contributed by atoms with Crippen LogP contribution in [0.5, 0.6) is 0 Å². The lowest BCUT2D eigenvalue weighted by molar-refractivity contribution is 0.609. The van der Waals surface area contributed by atoms with Crippen molar-refractivity contribution in [1.82, 2.24) is 0 Å². The van der Waals surface area contributed by atoms with Gasteiger partial charge in [0.2, 0.25) is 0 Å². The molecule has 0 aliphatic heterocycles. The van der Waals surface area contributed by atoms with Gasteiger partial charge >= 0.3 is 0 Å². The minimum absolute atomic E-state index is 0.141. The van der Waals surface area contributed by atoms with Gasteiger partial charge in [-0.2, -0.15) is 0 Å². The molecule has 0 amide bonds. The minimum atomic E-state index is -3.69. The largest absolute Gasteiger partial charge is 0.367 e. The highest BCUT2D eigenvalue weighted by molar-refractivity contribution is 8.13. The molecule has 5 heteroatoms. The van der Waals surface area contributed by atoms with E-state index in [2.05, 4.69) is 36.9 Å². The molecule has 0 heterocycles. The molecule has 2 rings (SSSR count).